The highest BCUT2D eigenvalue weighted by atomic mass is 16.5. The fraction of sp³-hybridized carbons (Fsp3) is 0.500. The van der Waals surface area contributed by atoms with Crippen molar-refractivity contribution in [3.63, 3.8) is 0 Å². The highest BCUT2D eigenvalue weighted by molar-refractivity contribution is 5.40. The van der Waals surface area contributed by atoms with E-state index < -0.39 is 0 Å². The second-order valence-electron chi connectivity index (χ2n) is 4.03. The van der Waals surface area contributed by atoms with Gasteiger partial charge in [0.15, 0.2) is 0 Å². The van der Waals surface area contributed by atoms with Crippen molar-refractivity contribution in [2.45, 2.75) is 33.2 Å². The number of unbranched alkanes of at least 4 members (excludes halogenated alkanes) is 1. The molecule has 1 aromatic heterocycles. The number of pyridine rings is 1. The third-order valence-electron chi connectivity index (χ3n) is 2.72. The Bertz CT molecular complexity index is 407. The minimum atomic E-state index is 0.757. The molecule has 1 rings (SSSR count). The Balaban J connectivity index is 2.57. The van der Waals surface area contributed by atoms with Gasteiger partial charge in [-0.2, -0.15) is 0 Å². The van der Waals surface area contributed by atoms with Gasteiger partial charge in [-0.3, -0.25) is 4.98 Å². The summed E-state index contributed by atoms with van der Waals surface area (Å²) in [4.78, 5) is 4.42. The molecule has 0 radical (unpaired) electrons. The first-order chi connectivity index (χ1) is 8.20. The van der Waals surface area contributed by atoms with E-state index in [0.29, 0.717) is 0 Å². The molecule has 0 saturated heterocycles. The van der Waals surface area contributed by atoms with Gasteiger partial charge in [0.1, 0.15) is 5.75 Å². The highest BCUT2D eigenvalue weighted by Crippen LogP contribution is 2.23. The average molecular weight is 232 g/mol. The molecular formula is C14H20N2O. The predicted molar refractivity (Wildman–Crippen MR) is 70.0 cm³/mol. The van der Waals surface area contributed by atoms with Crippen LogP contribution in [0.2, 0.25) is 0 Å². The lowest BCUT2D eigenvalue weighted by atomic mass is 10.1. The van der Waals surface area contributed by atoms with Crippen LogP contribution < -0.4 is 10.1 Å². The quantitative estimate of drug-likeness (QED) is 0.603. The van der Waals surface area contributed by atoms with Crippen molar-refractivity contribution in [3.8, 4) is 18.1 Å². The first kappa shape index (κ1) is 13.5. The van der Waals surface area contributed by atoms with Crippen LogP contribution in [0.15, 0.2) is 6.20 Å². The lowest BCUT2D eigenvalue weighted by Crippen LogP contribution is -2.16. The molecule has 0 bridgehead atoms. The van der Waals surface area contributed by atoms with E-state index >= 15 is 0 Å². The van der Waals surface area contributed by atoms with Crippen LogP contribution in [0.4, 0.5) is 0 Å². The third kappa shape index (κ3) is 3.76. The molecule has 1 heterocycles. The topological polar surface area (TPSA) is 34.2 Å². The Labute approximate surface area is 104 Å². The van der Waals surface area contributed by atoms with Crippen molar-refractivity contribution >= 4 is 0 Å². The Hall–Kier alpha value is -1.53. The van der Waals surface area contributed by atoms with Crippen LogP contribution >= 0.6 is 0 Å². The number of hydrogen-bond donors (Lipinski definition) is 1. The largest absolute Gasteiger partial charge is 0.496 e. The van der Waals surface area contributed by atoms with Crippen LogP contribution in [-0.2, 0) is 6.54 Å². The molecular weight excluding hydrogens is 212 g/mol. The molecule has 0 aliphatic rings. The summed E-state index contributed by atoms with van der Waals surface area (Å²) in [5.41, 5.74) is 3.21. The molecule has 0 aromatic carbocycles. The Kier molecular flexibility index (Phi) is 5.51. The Morgan fingerprint density at radius 1 is 1.47 bits per heavy atom. The summed E-state index contributed by atoms with van der Waals surface area (Å²) in [7, 11) is 1.69. The fourth-order valence-electron chi connectivity index (χ4n) is 1.77. The van der Waals surface area contributed by atoms with E-state index in [2.05, 4.69) is 16.2 Å². The first-order valence-electron chi connectivity index (χ1n) is 5.84. The summed E-state index contributed by atoms with van der Waals surface area (Å²) in [5, 5.41) is 3.33. The number of aryl methyl sites for hydroxylation is 1. The predicted octanol–water partition coefficient (Wildman–Crippen LogP) is 2.21. The molecule has 0 aliphatic carbocycles. The van der Waals surface area contributed by atoms with Gasteiger partial charge in [-0.15, -0.1) is 12.3 Å². The molecule has 0 atom stereocenters. The summed E-state index contributed by atoms with van der Waals surface area (Å²) in [6.45, 7) is 5.72. The van der Waals surface area contributed by atoms with Crippen LogP contribution in [0.1, 0.15) is 29.7 Å². The number of rotatable bonds is 6. The van der Waals surface area contributed by atoms with Crippen molar-refractivity contribution in [2.24, 2.45) is 0 Å². The number of nitrogens with one attached hydrogen (secondary N) is 1. The molecule has 1 aromatic rings. The molecule has 3 heteroatoms. The summed E-state index contributed by atoms with van der Waals surface area (Å²) in [6.07, 6.45) is 8.86. The van der Waals surface area contributed by atoms with Gasteiger partial charge in [0.05, 0.1) is 12.8 Å². The smallest absolute Gasteiger partial charge is 0.128 e. The second-order valence-corrected chi connectivity index (χ2v) is 4.03. The monoisotopic (exact) mass is 232 g/mol. The van der Waals surface area contributed by atoms with E-state index in [1.165, 1.54) is 0 Å². The molecule has 0 amide bonds. The molecule has 1 N–H and O–H groups in total. The number of aromatic nitrogens is 1. The van der Waals surface area contributed by atoms with Crippen molar-refractivity contribution < 1.29 is 4.74 Å². The van der Waals surface area contributed by atoms with E-state index in [9.17, 15) is 0 Å². The number of methoxy groups -OCH3 is 1. The van der Waals surface area contributed by atoms with Crippen LogP contribution in [0.5, 0.6) is 5.75 Å². The molecule has 3 nitrogen and oxygen atoms in total. The van der Waals surface area contributed by atoms with Gasteiger partial charge in [0.2, 0.25) is 0 Å². The zero-order valence-electron chi connectivity index (χ0n) is 10.8. The van der Waals surface area contributed by atoms with Crippen molar-refractivity contribution in [3.05, 3.63) is 23.0 Å². The molecule has 92 valence electrons. The SMILES string of the molecule is C#CCCCNCc1ncc(C)c(OC)c1C. The molecule has 0 unspecified atom stereocenters. The maximum absolute atomic E-state index is 5.37. The molecule has 0 saturated carbocycles. The van der Waals surface area contributed by atoms with Crippen molar-refractivity contribution in [1.29, 1.82) is 0 Å². The maximum Gasteiger partial charge on any atom is 0.128 e. The van der Waals surface area contributed by atoms with Gasteiger partial charge in [-0.05, 0) is 26.8 Å². The lowest BCUT2D eigenvalue weighted by molar-refractivity contribution is 0.406. The molecule has 17 heavy (non-hydrogen) atoms. The van der Waals surface area contributed by atoms with Gasteiger partial charge in [0, 0.05) is 30.3 Å². The fourth-order valence-corrected chi connectivity index (χ4v) is 1.77. The van der Waals surface area contributed by atoms with Crippen LogP contribution in [0, 0.1) is 26.2 Å². The zero-order chi connectivity index (χ0) is 12.7. The summed E-state index contributed by atoms with van der Waals surface area (Å²) in [6, 6.07) is 0. The lowest BCUT2D eigenvalue weighted by Gasteiger charge is -2.12. The number of nitrogens with zero attached hydrogens (tertiary/aromatic N) is 1. The van der Waals surface area contributed by atoms with E-state index in [1.807, 2.05) is 20.0 Å². The Morgan fingerprint density at radius 3 is 2.88 bits per heavy atom. The highest BCUT2D eigenvalue weighted by Gasteiger charge is 2.08. The number of hydrogen-bond acceptors (Lipinski definition) is 3. The standard InChI is InChI=1S/C14H20N2O/c1-5-6-7-8-15-10-13-12(3)14(17-4)11(2)9-16-13/h1,9,15H,6-8,10H2,2-4H3. The van der Waals surface area contributed by atoms with Crippen LogP contribution in [0.3, 0.4) is 0 Å². The van der Waals surface area contributed by atoms with E-state index in [-0.39, 0.29) is 0 Å². The number of ether oxygens (including phenoxy) is 1. The maximum atomic E-state index is 5.37. The molecule has 0 fully saturated rings. The summed E-state index contributed by atoms with van der Waals surface area (Å²) < 4.78 is 5.37. The number of terminal acetylenes is 1. The third-order valence-corrected chi connectivity index (χ3v) is 2.72. The average Bonchev–Trinajstić information content (AvgIpc) is 2.32. The van der Waals surface area contributed by atoms with Gasteiger partial charge in [-0.25, -0.2) is 0 Å². The van der Waals surface area contributed by atoms with E-state index in [4.69, 9.17) is 11.2 Å². The van der Waals surface area contributed by atoms with Gasteiger partial charge in [-0.1, -0.05) is 0 Å². The Morgan fingerprint density at radius 2 is 2.24 bits per heavy atom. The minimum absolute atomic E-state index is 0.757. The normalized spacial score (nSPS) is 10.0. The second kappa shape index (κ2) is 6.93. The van der Waals surface area contributed by atoms with Gasteiger partial charge < -0.3 is 10.1 Å². The van der Waals surface area contributed by atoms with Crippen LogP contribution in [0.25, 0.3) is 0 Å². The van der Waals surface area contributed by atoms with E-state index in [0.717, 1.165) is 48.5 Å². The summed E-state index contributed by atoms with van der Waals surface area (Å²) in [5.74, 6) is 3.56. The zero-order valence-corrected chi connectivity index (χ0v) is 10.8. The van der Waals surface area contributed by atoms with Gasteiger partial charge >= 0.3 is 0 Å². The van der Waals surface area contributed by atoms with Crippen molar-refractivity contribution in [1.82, 2.24) is 10.3 Å². The summed E-state index contributed by atoms with van der Waals surface area (Å²) >= 11 is 0. The molecule has 0 spiro atoms. The van der Waals surface area contributed by atoms with Gasteiger partial charge in [0.25, 0.3) is 0 Å². The first-order valence-corrected chi connectivity index (χ1v) is 5.84. The molecule has 0 aliphatic heterocycles. The van der Waals surface area contributed by atoms with Crippen LogP contribution in [-0.4, -0.2) is 18.6 Å². The van der Waals surface area contributed by atoms with E-state index in [1.54, 1.807) is 7.11 Å². The minimum Gasteiger partial charge on any atom is -0.496 e. The van der Waals surface area contributed by atoms with Crippen molar-refractivity contribution in [2.75, 3.05) is 13.7 Å².